The van der Waals surface area contributed by atoms with Gasteiger partial charge in [0.05, 0.1) is 11.8 Å². The Balaban J connectivity index is 2.90. The first-order valence-corrected chi connectivity index (χ1v) is 8.47. The van der Waals surface area contributed by atoms with Gasteiger partial charge in [0.15, 0.2) is 0 Å². The molecule has 4 nitrogen and oxygen atoms in total. The summed E-state index contributed by atoms with van der Waals surface area (Å²) in [4.78, 5) is 24.6. The molecule has 2 atom stereocenters. The van der Waals surface area contributed by atoms with E-state index in [9.17, 15) is 9.59 Å². The molecule has 0 aromatic carbocycles. The molecule has 0 bridgehead atoms. The summed E-state index contributed by atoms with van der Waals surface area (Å²) in [5.74, 6) is -0.601. The summed E-state index contributed by atoms with van der Waals surface area (Å²) >= 11 is 0. The van der Waals surface area contributed by atoms with Crippen LogP contribution in [-0.2, 0) is 9.59 Å². The minimum atomic E-state index is -0.417. The van der Waals surface area contributed by atoms with Gasteiger partial charge in [-0.2, -0.15) is 0 Å². The molecule has 1 rings (SSSR count). The van der Waals surface area contributed by atoms with Gasteiger partial charge in [0.1, 0.15) is 0 Å². The zero-order chi connectivity index (χ0) is 16.8. The van der Waals surface area contributed by atoms with Crippen molar-refractivity contribution >= 4 is 11.8 Å². The van der Waals surface area contributed by atoms with Crippen LogP contribution in [0, 0.1) is 17.8 Å². The van der Waals surface area contributed by atoms with Crippen molar-refractivity contribution < 1.29 is 9.59 Å². The van der Waals surface area contributed by atoms with Crippen LogP contribution in [0.15, 0.2) is 12.2 Å². The van der Waals surface area contributed by atoms with Crippen LogP contribution in [0.3, 0.4) is 0 Å². The Morgan fingerprint density at radius 3 is 2.27 bits per heavy atom. The molecule has 0 heterocycles. The molecular weight excluding hydrogens is 276 g/mol. The van der Waals surface area contributed by atoms with Crippen LogP contribution in [-0.4, -0.2) is 17.4 Å². The van der Waals surface area contributed by atoms with E-state index in [1.54, 1.807) is 0 Å². The van der Waals surface area contributed by atoms with Crippen molar-refractivity contribution in [2.45, 2.75) is 71.8 Å². The van der Waals surface area contributed by atoms with E-state index in [2.05, 4.69) is 5.32 Å². The van der Waals surface area contributed by atoms with E-state index in [4.69, 9.17) is 5.73 Å². The Labute approximate surface area is 134 Å². The average molecular weight is 308 g/mol. The molecule has 22 heavy (non-hydrogen) atoms. The molecule has 4 heteroatoms. The molecule has 0 aromatic rings. The molecule has 1 saturated carbocycles. The van der Waals surface area contributed by atoms with E-state index in [0.29, 0.717) is 12.3 Å². The van der Waals surface area contributed by atoms with Gasteiger partial charge in [-0.25, -0.2) is 0 Å². The van der Waals surface area contributed by atoms with Crippen LogP contribution >= 0.6 is 0 Å². The number of rotatable bonds is 7. The molecule has 1 aliphatic carbocycles. The Morgan fingerprint density at radius 2 is 1.82 bits per heavy atom. The normalized spacial score (nSPS) is 19.3. The maximum Gasteiger partial charge on any atom is 0.224 e. The largest absolute Gasteiger partial charge is 0.369 e. The molecule has 0 radical (unpaired) electrons. The molecule has 0 aliphatic heterocycles. The maximum absolute atomic E-state index is 12.7. The first-order valence-electron chi connectivity index (χ1n) is 8.47. The van der Waals surface area contributed by atoms with Gasteiger partial charge >= 0.3 is 0 Å². The number of hydrogen-bond donors (Lipinski definition) is 2. The lowest BCUT2D eigenvalue weighted by molar-refractivity contribution is -0.135. The number of nitrogens with one attached hydrogen (secondary N) is 1. The van der Waals surface area contributed by atoms with Crippen LogP contribution in [0.4, 0.5) is 0 Å². The predicted octanol–water partition coefficient (Wildman–Crippen LogP) is 3.17. The van der Waals surface area contributed by atoms with Crippen LogP contribution in [0.1, 0.15) is 66.2 Å². The quantitative estimate of drug-likeness (QED) is 0.709. The van der Waals surface area contributed by atoms with Gasteiger partial charge in [-0.05, 0) is 46.5 Å². The number of allylic oxidation sites excluding steroid dienone is 2. The van der Waals surface area contributed by atoms with Gasteiger partial charge in [-0.15, -0.1) is 0 Å². The number of nitrogens with two attached hydrogens (primary N) is 1. The maximum atomic E-state index is 12.7. The zero-order valence-corrected chi connectivity index (χ0v) is 14.5. The lowest BCUT2D eigenvalue weighted by atomic mass is 9.80. The lowest BCUT2D eigenvalue weighted by Crippen LogP contribution is -2.48. The van der Waals surface area contributed by atoms with Gasteiger partial charge < -0.3 is 11.1 Å². The van der Waals surface area contributed by atoms with E-state index in [1.165, 1.54) is 12.8 Å². The summed E-state index contributed by atoms with van der Waals surface area (Å²) in [5.41, 5.74) is 5.30. The minimum absolute atomic E-state index is 0.0345. The average Bonchev–Trinajstić information content (AvgIpc) is 2.88. The zero-order valence-electron chi connectivity index (χ0n) is 14.5. The molecule has 0 spiro atoms. The molecule has 1 aliphatic rings. The minimum Gasteiger partial charge on any atom is -0.369 e. The summed E-state index contributed by atoms with van der Waals surface area (Å²) in [7, 11) is 0. The van der Waals surface area contributed by atoms with Crippen LogP contribution in [0.5, 0.6) is 0 Å². The Bertz CT molecular complexity index is 404. The summed E-state index contributed by atoms with van der Waals surface area (Å²) in [5, 5.41) is 3.03. The fourth-order valence-corrected chi connectivity index (χ4v) is 3.28. The van der Waals surface area contributed by atoms with Crippen LogP contribution in [0.25, 0.3) is 0 Å². The van der Waals surface area contributed by atoms with E-state index >= 15 is 0 Å². The smallest absolute Gasteiger partial charge is 0.224 e. The Morgan fingerprint density at radius 1 is 1.23 bits per heavy atom. The van der Waals surface area contributed by atoms with E-state index in [-0.39, 0.29) is 23.3 Å². The highest BCUT2D eigenvalue weighted by molar-refractivity contribution is 5.87. The first-order chi connectivity index (χ1) is 10.2. The van der Waals surface area contributed by atoms with Gasteiger partial charge in [0.2, 0.25) is 11.8 Å². The molecule has 0 saturated heterocycles. The highest BCUT2D eigenvalue weighted by Gasteiger charge is 2.35. The van der Waals surface area contributed by atoms with Crippen molar-refractivity contribution in [1.82, 2.24) is 5.32 Å². The number of primary amides is 1. The first kappa shape index (κ1) is 18.7. The number of carbonyl (C=O) groups is 2. The van der Waals surface area contributed by atoms with E-state index in [0.717, 1.165) is 19.3 Å². The second-order valence-electron chi connectivity index (χ2n) is 7.55. The fraction of sp³-hybridized carbons (Fsp3) is 0.778. The van der Waals surface area contributed by atoms with Crippen molar-refractivity contribution in [3.63, 3.8) is 0 Å². The van der Waals surface area contributed by atoms with Crippen molar-refractivity contribution in [3.8, 4) is 0 Å². The lowest BCUT2D eigenvalue weighted by Gasteiger charge is -2.30. The standard InChI is InChI=1S/C18H32N2O2/c1-5-6-11-14(16(19)21)15(12-13-9-7-8-10-13)17(22)20-18(2,3)4/h5-6,13-15H,7-12H2,1-4H3,(H2,19,21)(H,20,22)/b6-5+/t14-,15?/m0/s1. The summed E-state index contributed by atoms with van der Waals surface area (Å²) < 4.78 is 0. The summed E-state index contributed by atoms with van der Waals surface area (Å²) in [6.45, 7) is 7.80. The van der Waals surface area contributed by atoms with Gasteiger partial charge in [-0.3, -0.25) is 9.59 Å². The molecule has 3 N–H and O–H groups in total. The third kappa shape index (κ3) is 6.20. The van der Waals surface area contributed by atoms with Gasteiger partial charge in [0.25, 0.3) is 0 Å². The van der Waals surface area contributed by atoms with Gasteiger partial charge in [-0.1, -0.05) is 37.8 Å². The van der Waals surface area contributed by atoms with Crippen molar-refractivity contribution in [1.29, 1.82) is 0 Å². The Kier molecular flexibility index (Phi) is 7.11. The SMILES string of the molecule is C/C=C/C[C@H](C(N)=O)C(CC1CCCC1)C(=O)NC(C)(C)C. The second-order valence-corrected chi connectivity index (χ2v) is 7.55. The molecule has 2 amide bonds. The number of hydrogen-bond acceptors (Lipinski definition) is 2. The van der Waals surface area contributed by atoms with Crippen molar-refractivity contribution in [2.24, 2.45) is 23.5 Å². The summed E-state index contributed by atoms with van der Waals surface area (Å²) in [6, 6.07) is 0. The van der Waals surface area contributed by atoms with E-state index in [1.807, 2.05) is 39.8 Å². The third-order valence-electron chi connectivity index (χ3n) is 4.37. The van der Waals surface area contributed by atoms with Crippen molar-refractivity contribution in [2.75, 3.05) is 0 Å². The van der Waals surface area contributed by atoms with Gasteiger partial charge in [0, 0.05) is 5.54 Å². The molecular formula is C18H32N2O2. The number of carbonyl (C=O) groups excluding carboxylic acids is 2. The number of amides is 2. The van der Waals surface area contributed by atoms with Crippen LogP contribution in [0.2, 0.25) is 0 Å². The third-order valence-corrected chi connectivity index (χ3v) is 4.37. The van der Waals surface area contributed by atoms with E-state index < -0.39 is 5.92 Å². The van der Waals surface area contributed by atoms with Crippen LogP contribution < -0.4 is 11.1 Å². The van der Waals surface area contributed by atoms with Crippen molar-refractivity contribution in [3.05, 3.63) is 12.2 Å². The highest BCUT2D eigenvalue weighted by Crippen LogP contribution is 2.34. The predicted molar refractivity (Wildman–Crippen MR) is 90.1 cm³/mol. The molecule has 0 aromatic heterocycles. The molecule has 1 unspecified atom stereocenters. The topological polar surface area (TPSA) is 72.2 Å². The molecule has 126 valence electrons. The highest BCUT2D eigenvalue weighted by atomic mass is 16.2. The fourth-order valence-electron chi connectivity index (χ4n) is 3.28. The Hall–Kier alpha value is -1.32. The monoisotopic (exact) mass is 308 g/mol. The second kappa shape index (κ2) is 8.35. The summed E-state index contributed by atoms with van der Waals surface area (Å²) in [6.07, 6.45) is 9.94. The molecule has 1 fully saturated rings.